The first-order chi connectivity index (χ1) is 11.3. The average molecular weight is 479 g/mol. The van der Waals surface area contributed by atoms with Gasteiger partial charge in [-0.2, -0.15) is 0 Å². The molecule has 128 valence electrons. The molecule has 1 aromatic carbocycles. The van der Waals surface area contributed by atoms with Crippen molar-refractivity contribution in [2.24, 2.45) is 0 Å². The summed E-state index contributed by atoms with van der Waals surface area (Å²) < 4.78 is 5.75. The molecule has 0 radical (unpaired) electrons. The zero-order chi connectivity index (χ0) is 18.0. The van der Waals surface area contributed by atoms with E-state index in [-0.39, 0.29) is 17.3 Å². The van der Waals surface area contributed by atoms with Gasteiger partial charge < -0.3 is 9.84 Å². The van der Waals surface area contributed by atoms with Crippen LogP contribution in [0.5, 0.6) is 5.75 Å². The molecule has 24 heavy (non-hydrogen) atoms. The van der Waals surface area contributed by atoms with Crippen molar-refractivity contribution in [2.45, 2.75) is 19.9 Å². The minimum Gasteiger partial charge on any atom is -0.506 e. The van der Waals surface area contributed by atoms with Gasteiger partial charge >= 0.3 is 5.97 Å². The van der Waals surface area contributed by atoms with Crippen LogP contribution in [0.15, 0.2) is 26.0 Å². The average Bonchev–Trinajstić information content (AvgIpc) is 2.78. The first-order valence-electron chi connectivity index (χ1n) is 6.88. The SMILES string of the molecule is CCOC(=O)[C@H](C)N1C(=O)S/C(=C/c2cc(Br)c(O)c(Br)c2)C1=O. The largest absolute Gasteiger partial charge is 0.506 e. The van der Waals surface area contributed by atoms with Crippen LogP contribution in [0.1, 0.15) is 19.4 Å². The Morgan fingerprint density at radius 3 is 2.50 bits per heavy atom. The van der Waals surface area contributed by atoms with Gasteiger partial charge in [0.25, 0.3) is 11.1 Å². The second-order valence-corrected chi connectivity index (χ2v) is 7.51. The van der Waals surface area contributed by atoms with Gasteiger partial charge in [-0.1, -0.05) is 0 Å². The minimum absolute atomic E-state index is 0.0381. The topological polar surface area (TPSA) is 83.9 Å². The number of aromatic hydroxyl groups is 1. The molecule has 0 bridgehead atoms. The van der Waals surface area contributed by atoms with Crippen LogP contribution in [-0.2, 0) is 14.3 Å². The van der Waals surface area contributed by atoms with Crippen molar-refractivity contribution in [1.29, 1.82) is 0 Å². The number of benzene rings is 1. The minimum atomic E-state index is -0.985. The summed E-state index contributed by atoms with van der Waals surface area (Å²) in [4.78, 5) is 37.4. The molecule has 0 aromatic heterocycles. The Labute approximate surface area is 159 Å². The number of nitrogens with zero attached hydrogens (tertiary/aromatic N) is 1. The number of ether oxygens (including phenoxy) is 1. The molecule has 1 heterocycles. The highest BCUT2D eigenvalue weighted by Gasteiger charge is 2.41. The number of rotatable bonds is 4. The number of amides is 2. The predicted molar refractivity (Wildman–Crippen MR) is 97.4 cm³/mol. The van der Waals surface area contributed by atoms with Gasteiger partial charge in [0.1, 0.15) is 11.8 Å². The molecule has 2 rings (SSSR count). The van der Waals surface area contributed by atoms with Crippen molar-refractivity contribution >= 4 is 66.8 Å². The molecule has 1 N–H and O–H groups in total. The third kappa shape index (κ3) is 3.84. The smallest absolute Gasteiger partial charge is 0.329 e. The lowest BCUT2D eigenvalue weighted by atomic mass is 10.2. The number of halogens is 2. The van der Waals surface area contributed by atoms with E-state index in [9.17, 15) is 19.5 Å². The maximum absolute atomic E-state index is 12.4. The fraction of sp³-hybridized carbons (Fsp3) is 0.267. The van der Waals surface area contributed by atoms with Crippen LogP contribution >= 0.6 is 43.6 Å². The van der Waals surface area contributed by atoms with E-state index in [0.717, 1.165) is 16.7 Å². The maximum atomic E-state index is 12.4. The maximum Gasteiger partial charge on any atom is 0.329 e. The summed E-state index contributed by atoms with van der Waals surface area (Å²) in [7, 11) is 0. The summed E-state index contributed by atoms with van der Waals surface area (Å²) in [5.41, 5.74) is 0.612. The lowest BCUT2D eigenvalue weighted by molar-refractivity contribution is -0.150. The van der Waals surface area contributed by atoms with Gasteiger partial charge in [-0.25, -0.2) is 4.79 Å². The number of esters is 1. The lowest BCUT2D eigenvalue weighted by Gasteiger charge is -2.19. The molecule has 1 atom stereocenters. The standard InChI is InChI=1S/C15H13Br2NO5S/c1-3-23-14(21)7(2)18-13(20)11(24-15(18)22)6-8-4-9(16)12(19)10(17)5-8/h4-7,19H,3H2,1-2H3/b11-6+/t7-/m0/s1. The molecule has 0 spiro atoms. The molecule has 0 aliphatic carbocycles. The van der Waals surface area contributed by atoms with Crippen LogP contribution in [0.2, 0.25) is 0 Å². The van der Waals surface area contributed by atoms with Gasteiger partial charge in [0.05, 0.1) is 20.5 Å². The van der Waals surface area contributed by atoms with Crippen molar-refractivity contribution in [3.8, 4) is 5.75 Å². The fourth-order valence-corrected chi connectivity index (χ4v) is 4.13. The van der Waals surface area contributed by atoms with Crippen LogP contribution in [0.25, 0.3) is 6.08 Å². The molecule has 1 fully saturated rings. The summed E-state index contributed by atoms with van der Waals surface area (Å²) in [5.74, 6) is -1.14. The van der Waals surface area contributed by atoms with E-state index in [1.807, 2.05) is 0 Å². The highest BCUT2D eigenvalue weighted by Crippen LogP contribution is 2.37. The van der Waals surface area contributed by atoms with Crippen molar-refractivity contribution in [1.82, 2.24) is 4.90 Å². The third-order valence-corrected chi connectivity index (χ3v) is 5.27. The van der Waals surface area contributed by atoms with E-state index in [2.05, 4.69) is 31.9 Å². The van der Waals surface area contributed by atoms with Gasteiger partial charge in [0.2, 0.25) is 0 Å². The number of hydrogen-bond acceptors (Lipinski definition) is 6. The monoisotopic (exact) mass is 477 g/mol. The van der Waals surface area contributed by atoms with Crippen molar-refractivity contribution in [2.75, 3.05) is 6.61 Å². The highest BCUT2D eigenvalue weighted by atomic mass is 79.9. The number of carbonyl (C=O) groups excluding carboxylic acids is 3. The Balaban J connectivity index is 2.30. The second-order valence-electron chi connectivity index (χ2n) is 4.81. The van der Waals surface area contributed by atoms with Crippen LogP contribution in [0.3, 0.4) is 0 Å². The molecule has 6 nitrogen and oxygen atoms in total. The van der Waals surface area contributed by atoms with Crippen LogP contribution < -0.4 is 0 Å². The Morgan fingerprint density at radius 1 is 1.38 bits per heavy atom. The van der Waals surface area contributed by atoms with Gasteiger partial charge in [-0.05, 0) is 81.2 Å². The summed E-state index contributed by atoms with van der Waals surface area (Å²) in [6.45, 7) is 3.27. The summed E-state index contributed by atoms with van der Waals surface area (Å²) >= 11 is 7.16. The molecule has 1 aliphatic rings. The second kappa shape index (κ2) is 7.71. The van der Waals surface area contributed by atoms with Gasteiger partial charge in [-0.3, -0.25) is 14.5 Å². The van der Waals surface area contributed by atoms with Gasteiger partial charge in [0.15, 0.2) is 0 Å². The fourth-order valence-electron chi connectivity index (χ4n) is 2.00. The number of carbonyl (C=O) groups is 3. The lowest BCUT2D eigenvalue weighted by Crippen LogP contribution is -2.42. The number of imide groups is 1. The van der Waals surface area contributed by atoms with Crippen molar-refractivity contribution in [3.05, 3.63) is 31.5 Å². The van der Waals surface area contributed by atoms with E-state index >= 15 is 0 Å². The van der Waals surface area contributed by atoms with Gasteiger partial charge in [-0.15, -0.1) is 0 Å². The third-order valence-electron chi connectivity index (χ3n) is 3.18. The Morgan fingerprint density at radius 2 is 1.96 bits per heavy atom. The van der Waals surface area contributed by atoms with E-state index in [0.29, 0.717) is 14.5 Å². The zero-order valence-corrected chi connectivity index (χ0v) is 16.7. The highest BCUT2D eigenvalue weighted by molar-refractivity contribution is 9.11. The molecule has 1 saturated heterocycles. The Hall–Kier alpha value is -1.32. The number of phenolic OH excluding ortho intramolecular Hbond substituents is 1. The first-order valence-corrected chi connectivity index (χ1v) is 9.28. The Kier molecular flexibility index (Phi) is 6.11. The molecule has 9 heteroatoms. The Bertz CT molecular complexity index is 726. The van der Waals surface area contributed by atoms with E-state index in [1.54, 1.807) is 19.1 Å². The number of thioether (sulfide) groups is 1. The van der Waals surface area contributed by atoms with Crippen molar-refractivity contribution in [3.63, 3.8) is 0 Å². The zero-order valence-electron chi connectivity index (χ0n) is 12.7. The summed E-state index contributed by atoms with van der Waals surface area (Å²) in [6.07, 6.45) is 1.53. The van der Waals surface area contributed by atoms with Crippen molar-refractivity contribution < 1.29 is 24.2 Å². The van der Waals surface area contributed by atoms with E-state index in [1.165, 1.54) is 13.0 Å². The van der Waals surface area contributed by atoms with Crippen LogP contribution in [0.4, 0.5) is 4.79 Å². The molecule has 0 unspecified atom stereocenters. The van der Waals surface area contributed by atoms with Crippen LogP contribution in [-0.4, -0.2) is 39.8 Å². The molecule has 1 aliphatic heterocycles. The molecular weight excluding hydrogens is 466 g/mol. The van der Waals surface area contributed by atoms with Gasteiger partial charge in [0, 0.05) is 0 Å². The van der Waals surface area contributed by atoms with Crippen LogP contribution in [0, 0.1) is 0 Å². The predicted octanol–water partition coefficient (Wildman–Crippen LogP) is 3.91. The summed E-state index contributed by atoms with van der Waals surface area (Å²) in [6, 6.07) is 2.24. The molecular formula is C15H13Br2NO5S. The first kappa shape index (κ1) is 19.0. The molecule has 1 aromatic rings. The van der Waals surface area contributed by atoms with E-state index in [4.69, 9.17) is 4.74 Å². The molecule has 0 saturated carbocycles. The normalized spacial score (nSPS) is 17.5. The number of hydrogen-bond donors (Lipinski definition) is 1. The molecule has 2 amide bonds. The summed E-state index contributed by atoms with van der Waals surface area (Å²) in [5, 5.41) is 9.19. The quantitative estimate of drug-likeness (QED) is 0.521. The van der Waals surface area contributed by atoms with E-state index < -0.39 is 23.2 Å². The number of phenols is 1.